The molecule has 4 aromatic rings. The second kappa shape index (κ2) is 24.9. The molecule has 12 nitrogen and oxygen atoms in total. The molecule has 2 aromatic heterocycles. The van der Waals surface area contributed by atoms with E-state index in [-0.39, 0.29) is 76.4 Å². The van der Waals surface area contributed by atoms with Crippen LogP contribution in [0.25, 0.3) is 0 Å². The summed E-state index contributed by atoms with van der Waals surface area (Å²) in [5, 5.41) is 2.22. The number of nitrogen functional groups attached to an aromatic ring is 2. The molecule has 0 spiro atoms. The first kappa shape index (κ1) is 46.0. The molecule has 0 saturated heterocycles. The number of ether oxygens (including phenoxy) is 2. The van der Waals surface area contributed by atoms with Crippen LogP contribution in [0.1, 0.15) is 47.6 Å². The van der Waals surface area contributed by atoms with E-state index in [1.165, 1.54) is 50.1 Å². The van der Waals surface area contributed by atoms with Gasteiger partial charge < -0.3 is 37.9 Å². The zero-order valence-electron chi connectivity index (χ0n) is 26.5. The smallest absolute Gasteiger partial charge is 1.00 e. The van der Waals surface area contributed by atoms with E-state index in [2.05, 4.69) is 26.0 Å². The van der Waals surface area contributed by atoms with Gasteiger partial charge in [0.05, 0.1) is 26.9 Å². The van der Waals surface area contributed by atoms with Gasteiger partial charge in [0.1, 0.15) is 22.9 Å². The van der Waals surface area contributed by atoms with Gasteiger partial charge in [0.15, 0.2) is 16.1 Å². The van der Waals surface area contributed by atoms with E-state index in [0.717, 1.165) is 22.3 Å². The number of hydrogen-bond acceptors (Lipinski definition) is 13. The third-order valence-corrected chi connectivity index (χ3v) is 6.94. The van der Waals surface area contributed by atoms with E-state index < -0.39 is 0 Å². The van der Waals surface area contributed by atoms with Gasteiger partial charge in [-0.25, -0.2) is 25.0 Å². The fraction of sp³-hybridized carbons (Fsp3) is 0.290. The number of thioether (sulfide) groups is 2. The summed E-state index contributed by atoms with van der Waals surface area (Å²) in [7, 11) is 6.12. The first-order valence-corrected chi connectivity index (χ1v) is 15.2. The van der Waals surface area contributed by atoms with Gasteiger partial charge in [-0.3, -0.25) is 14.4 Å². The summed E-state index contributed by atoms with van der Waals surface area (Å²) in [6, 6.07) is 17.1. The number of nitrogens with two attached hydrogens (primary N) is 2. The molecule has 0 saturated carbocycles. The topological polar surface area (TPSA) is 169 Å². The van der Waals surface area contributed by atoms with Crippen LogP contribution in [0.5, 0.6) is 11.5 Å². The summed E-state index contributed by atoms with van der Waals surface area (Å²) in [6.07, 6.45) is 2.89. The van der Waals surface area contributed by atoms with Gasteiger partial charge in [0, 0.05) is 30.8 Å². The fourth-order valence-corrected chi connectivity index (χ4v) is 4.25. The molecule has 2 aromatic carbocycles. The van der Waals surface area contributed by atoms with Gasteiger partial charge in [-0.05, 0) is 35.8 Å². The molecule has 0 aliphatic heterocycles. The molecule has 47 heavy (non-hydrogen) atoms. The van der Waals surface area contributed by atoms with Gasteiger partial charge in [-0.15, -0.1) is 12.1 Å². The number of methoxy groups -OCH3 is 2. The van der Waals surface area contributed by atoms with Crippen molar-refractivity contribution in [1.29, 1.82) is 0 Å². The number of carbonyl (C=O) groups excluding carboxylic acids is 2. The first-order valence-electron chi connectivity index (χ1n) is 13.2. The Kier molecular flexibility index (Phi) is 24.4. The van der Waals surface area contributed by atoms with Crippen LogP contribution in [0.2, 0.25) is 0 Å². The molecule has 0 radical (unpaired) electrons. The predicted molar refractivity (Wildman–Crippen MR) is 186 cm³/mol. The van der Waals surface area contributed by atoms with Gasteiger partial charge in [0.2, 0.25) is 0 Å². The molecule has 4 N–H and O–H groups in total. The van der Waals surface area contributed by atoms with Crippen LogP contribution in [0.3, 0.4) is 0 Å². The number of hydrogen-bond donors (Lipinski definition) is 2. The number of rotatable bonds is 10. The minimum atomic E-state index is -0.368. The SMILES string of the molecule is C.CCSc1ncc(C(=O)N(C)OC)c(N)n1.CCSc1ncc(C(=O)c2ccc(OC)cc2)c(N)n1.COc1cc[c-]cc1.[Br-].[Mg+2]. The minimum absolute atomic E-state index is 0. The summed E-state index contributed by atoms with van der Waals surface area (Å²) in [5.41, 5.74) is 12.6. The molecule has 0 bridgehead atoms. The van der Waals surface area contributed by atoms with Crippen LogP contribution in [0, 0.1) is 6.07 Å². The molecule has 0 unspecified atom stereocenters. The van der Waals surface area contributed by atoms with Crippen molar-refractivity contribution in [3.05, 3.63) is 83.7 Å². The third kappa shape index (κ3) is 15.1. The number of nitrogens with zero attached hydrogens (tertiary/aromatic N) is 5. The molecule has 0 atom stereocenters. The maximum atomic E-state index is 12.3. The van der Waals surface area contributed by atoms with Gasteiger partial charge in [-0.2, -0.15) is 18.2 Å². The predicted octanol–water partition coefficient (Wildman–Crippen LogP) is 1.97. The molecule has 4 rings (SSSR count). The molecule has 0 aliphatic carbocycles. The van der Waals surface area contributed by atoms with Gasteiger partial charge in [-0.1, -0.05) is 44.8 Å². The Morgan fingerprint density at radius 1 is 0.809 bits per heavy atom. The summed E-state index contributed by atoms with van der Waals surface area (Å²) >= 11 is 2.95. The largest absolute Gasteiger partial charge is 2.00 e. The Morgan fingerprint density at radius 3 is 1.64 bits per heavy atom. The van der Waals surface area contributed by atoms with Crippen LogP contribution in [0.4, 0.5) is 11.6 Å². The maximum absolute atomic E-state index is 12.3. The number of carbonyl (C=O) groups is 2. The Hall–Kier alpha value is -3.15. The average molecular weight is 759 g/mol. The summed E-state index contributed by atoms with van der Waals surface area (Å²) in [6.45, 7) is 3.99. The van der Waals surface area contributed by atoms with Gasteiger partial charge >= 0.3 is 23.1 Å². The molecule has 2 heterocycles. The van der Waals surface area contributed by atoms with Crippen molar-refractivity contribution in [2.75, 3.05) is 51.4 Å². The van der Waals surface area contributed by atoms with Crippen molar-refractivity contribution in [3.63, 3.8) is 0 Å². The van der Waals surface area contributed by atoms with Crippen molar-refractivity contribution < 1.29 is 40.9 Å². The quantitative estimate of drug-likeness (QED) is 0.0602. The summed E-state index contributed by atoms with van der Waals surface area (Å²) < 4.78 is 9.95. The Balaban J connectivity index is 0. The van der Waals surface area contributed by atoms with Crippen molar-refractivity contribution in [3.8, 4) is 11.5 Å². The number of halogens is 1. The Labute approximate surface area is 312 Å². The van der Waals surface area contributed by atoms with Gasteiger partial charge in [0.25, 0.3) is 5.91 Å². The monoisotopic (exact) mass is 757 g/mol. The van der Waals surface area contributed by atoms with E-state index in [0.29, 0.717) is 27.2 Å². The molecule has 0 fully saturated rings. The number of anilines is 2. The van der Waals surface area contributed by atoms with Crippen molar-refractivity contribution >= 4 is 69.9 Å². The molecular formula is C31H40BrMgN7O5S2. The third-order valence-electron chi connectivity index (χ3n) is 5.45. The van der Waals surface area contributed by atoms with E-state index in [1.807, 2.05) is 38.1 Å². The zero-order valence-corrected chi connectivity index (χ0v) is 31.2. The van der Waals surface area contributed by atoms with E-state index >= 15 is 0 Å². The maximum Gasteiger partial charge on any atom is 2.00 e. The number of amides is 1. The van der Waals surface area contributed by atoms with Crippen LogP contribution in [0.15, 0.2) is 71.2 Å². The fourth-order valence-electron chi connectivity index (χ4n) is 3.15. The summed E-state index contributed by atoms with van der Waals surface area (Å²) in [4.78, 5) is 45.1. The number of ketones is 1. The molecular weight excluding hydrogens is 719 g/mol. The van der Waals surface area contributed by atoms with Crippen LogP contribution in [-0.4, -0.2) is 99.6 Å². The number of aromatic nitrogens is 4. The van der Waals surface area contributed by atoms with Crippen LogP contribution in [-0.2, 0) is 4.84 Å². The molecule has 16 heteroatoms. The normalized spacial score (nSPS) is 9.32. The van der Waals surface area contributed by atoms with Crippen molar-refractivity contribution in [2.45, 2.75) is 31.6 Å². The first-order chi connectivity index (χ1) is 21.2. The standard InChI is InChI=1S/C14H15N3O2S.C9H14N4O2S.C7H7O.CH4.BrH.Mg/c1-3-20-14-16-8-11(13(15)17-14)12(18)9-4-6-10(19-2)7-5-9;1-4-16-9-11-5-6(7(10)12-9)8(14)13(2)15-3;1-8-7-5-3-2-4-6-7;;;/h4-8H,3H2,1-2H3,(H2,15,16,17);5H,4H2,1-3H3,(H2,10,11,12);3-6H,1H3;1H4;1H;/q;;-1;;;+2/p-1. The minimum Gasteiger partial charge on any atom is -1.00 e. The summed E-state index contributed by atoms with van der Waals surface area (Å²) in [5.74, 6) is 3.09. The van der Waals surface area contributed by atoms with Crippen molar-refractivity contribution in [1.82, 2.24) is 25.0 Å². The van der Waals surface area contributed by atoms with E-state index in [4.69, 9.17) is 25.8 Å². The molecule has 1 amide bonds. The number of hydroxylamine groups is 2. The Morgan fingerprint density at radius 2 is 1.26 bits per heavy atom. The second-order valence-corrected chi connectivity index (χ2v) is 10.7. The van der Waals surface area contributed by atoms with E-state index in [9.17, 15) is 9.59 Å². The van der Waals surface area contributed by atoms with Crippen LogP contribution < -0.4 is 37.9 Å². The Bertz CT molecular complexity index is 1490. The number of benzene rings is 2. The second-order valence-electron chi connectivity index (χ2n) is 8.25. The molecule has 250 valence electrons. The van der Waals surface area contributed by atoms with E-state index in [1.54, 1.807) is 38.5 Å². The van der Waals surface area contributed by atoms with Crippen LogP contribution >= 0.6 is 23.5 Å². The average Bonchev–Trinajstić information content (AvgIpc) is 3.05. The molecule has 0 aliphatic rings. The zero-order chi connectivity index (χ0) is 32.5. The van der Waals surface area contributed by atoms with Crippen molar-refractivity contribution in [2.24, 2.45) is 0 Å².